The number of nitrogen functional groups attached to an aromatic ring is 1. The van der Waals surface area contributed by atoms with Crippen molar-refractivity contribution in [3.63, 3.8) is 0 Å². The van der Waals surface area contributed by atoms with Gasteiger partial charge in [-0.1, -0.05) is 11.6 Å². The van der Waals surface area contributed by atoms with Gasteiger partial charge in [-0.2, -0.15) is 5.26 Å². The molecular weight excluding hydrogens is 472 g/mol. The molecule has 0 bridgehead atoms. The minimum atomic E-state index is -3.94. The van der Waals surface area contributed by atoms with E-state index in [4.69, 9.17) is 22.6 Å². The van der Waals surface area contributed by atoms with Gasteiger partial charge in [-0.15, -0.1) is 0 Å². The summed E-state index contributed by atoms with van der Waals surface area (Å²) in [6.45, 7) is 0. The molecule has 0 aliphatic heterocycles. The van der Waals surface area contributed by atoms with E-state index < -0.39 is 10.0 Å². The number of hydrogen-bond donors (Lipinski definition) is 2. The number of nitriles is 1. The number of nitrogens with two attached hydrogens (primary N) is 1. The third-order valence-corrected chi connectivity index (χ3v) is 7.28. The molecule has 1 aliphatic carbocycles. The fraction of sp³-hybridized carbons (Fsp3) is 0.0833. The first-order valence-corrected chi connectivity index (χ1v) is 12.1. The van der Waals surface area contributed by atoms with Crippen LogP contribution in [-0.2, 0) is 22.9 Å². The van der Waals surface area contributed by atoms with Gasteiger partial charge in [0.25, 0.3) is 10.0 Å². The summed E-state index contributed by atoms with van der Waals surface area (Å²) in [5.74, 6) is 0.171. The summed E-state index contributed by atoms with van der Waals surface area (Å²) in [5, 5.41) is 9.24. The van der Waals surface area contributed by atoms with E-state index in [2.05, 4.69) is 19.7 Å². The summed E-state index contributed by atoms with van der Waals surface area (Å²) in [4.78, 5) is 13.0. The number of pyridine rings is 1. The molecule has 0 saturated carbocycles. The van der Waals surface area contributed by atoms with Crippen LogP contribution in [0.3, 0.4) is 0 Å². The van der Waals surface area contributed by atoms with Gasteiger partial charge in [0, 0.05) is 23.5 Å². The molecule has 34 heavy (non-hydrogen) atoms. The summed E-state index contributed by atoms with van der Waals surface area (Å²) in [6, 6.07) is 14.8. The Kier molecular flexibility index (Phi) is 5.40. The standard InChI is InChI=1S/C24H17ClN6O2S/c25-19-11-16-3-6-20-22(23(30-24(27)29-20)15-7-9-28-10-8-15)18(16)12-21(19)31-34(32,33)17-4-1-14(13-26)2-5-17/h1-2,4-5,7-12,31H,3,6H2,(H2,27,29,30). The maximum Gasteiger partial charge on any atom is 0.261 e. The summed E-state index contributed by atoms with van der Waals surface area (Å²) in [5.41, 5.74) is 11.4. The van der Waals surface area contributed by atoms with Crippen molar-refractivity contribution in [2.24, 2.45) is 0 Å². The Morgan fingerprint density at radius 3 is 2.47 bits per heavy atom. The average molecular weight is 489 g/mol. The largest absolute Gasteiger partial charge is 0.368 e. The Morgan fingerprint density at radius 1 is 1.03 bits per heavy atom. The van der Waals surface area contributed by atoms with Gasteiger partial charge in [-0.3, -0.25) is 9.71 Å². The van der Waals surface area contributed by atoms with E-state index in [0.29, 0.717) is 24.1 Å². The van der Waals surface area contributed by atoms with Gasteiger partial charge in [-0.25, -0.2) is 18.4 Å². The molecule has 4 aromatic rings. The van der Waals surface area contributed by atoms with Crippen molar-refractivity contribution in [2.75, 3.05) is 10.5 Å². The number of nitrogens with one attached hydrogen (secondary N) is 1. The number of rotatable bonds is 4. The molecule has 2 aromatic carbocycles. The van der Waals surface area contributed by atoms with Gasteiger partial charge in [0.05, 0.1) is 38.6 Å². The van der Waals surface area contributed by atoms with E-state index in [1.165, 1.54) is 24.3 Å². The van der Waals surface area contributed by atoms with Crippen molar-refractivity contribution in [3.8, 4) is 28.5 Å². The molecule has 0 radical (unpaired) electrons. The van der Waals surface area contributed by atoms with Crippen LogP contribution in [0, 0.1) is 11.3 Å². The molecule has 0 atom stereocenters. The van der Waals surface area contributed by atoms with E-state index in [0.717, 1.165) is 27.9 Å². The fourth-order valence-corrected chi connectivity index (χ4v) is 5.37. The maximum absolute atomic E-state index is 13.0. The molecule has 0 unspecified atom stereocenters. The molecular formula is C24H17ClN6O2S. The first-order chi connectivity index (χ1) is 16.4. The SMILES string of the molecule is N#Cc1ccc(S(=O)(=O)Nc2cc3c(cc2Cl)CCc2nc(N)nc(-c4ccncc4)c2-3)cc1. The Labute approximate surface area is 201 Å². The van der Waals surface area contributed by atoms with Gasteiger partial charge in [0.2, 0.25) is 5.95 Å². The molecule has 0 spiro atoms. The van der Waals surface area contributed by atoms with Gasteiger partial charge < -0.3 is 5.73 Å². The number of nitrogens with zero attached hydrogens (tertiary/aromatic N) is 4. The number of hydrogen-bond acceptors (Lipinski definition) is 7. The topological polar surface area (TPSA) is 135 Å². The Morgan fingerprint density at radius 2 is 1.76 bits per heavy atom. The minimum absolute atomic E-state index is 0.0225. The monoisotopic (exact) mass is 488 g/mol. The molecule has 5 rings (SSSR count). The lowest BCUT2D eigenvalue weighted by molar-refractivity contribution is 0.601. The highest BCUT2D eigenvalue weighted by molar-refractivity contribution is 7.92. The highest BCUT2D eigenvalue weighted by atomic mass is 35.5. The van der Waals surface area contributed by atoms with Crippen molar-refractivity contribution < 1.29 is 8.42 Å². The number of benzene rings is 2. The van der Waals surface area contributed by atoms with E-state index in [9.17, 15) is 8.42 Å². The Hall–Kier alpha value is -4.00. The highest BCUT2D eigenvalue weighted by Gasteiger charge is 2.26. The van der Waals surface area contributed by atoms with Crippen LogP contribution in [0.1, 0.15) is 16.8 Å². The molecule has 0 saturated heterocycles. The van der Waals surface area contributed by atoms with Crippen molar-refractivity contribution in [3.05, 3.63) is 82.8 Å². The van der Waals surface area contributed by atoms with Crippen molar-refractivity contribution in [1.29, 1.82) is 5.26 Å². The molecule has 1 aliphatic rings. The Balaban J connectivity index is 1.63. The van der Waals surface area contributed by atoms with Crippen LogP contribution in [0.5, 0.6) is 0 Å². The fourth-order valence-electron chi connectivity index (χ4n) is 4.01. The third-order valence-electron chi connectivity index (χ3n) is 5.59. The number of sulfonamides is 1. The molecule has 8 nitrogen and oxygen atoms in total. The van der Waals surface area contributed by atoms with E-state index in [1.54, 1.807) is 24.5 Å². The van der Waals surface area contributed by atoms with Gasteiger partial charge in [-0.05, 0) is 72.5 Å². The Bertz CT molecular complexity index is 1570. The summed E-state index contributed by atoms with van der Waals surface area (Å²) >= 11 is 6.48. The molecule has 2 heterocycles. The lowest BCUT2D eigenvalue weighted by atomic mass is 9.86. The molecule has 2 aromatic heterocycles. The van der Waals surface area contributed by atoms with Crippen LogP contribution in [-0.4, -0.2) is 23.4 Å². The minimum Gasteiger partial charge on any atom is -0.368 e. The second kappa shape index (κ2) is 8.41. The molecule has 0 amide bonds. The molecule has 3 N–H and O–H groups in total. The van der Waals surface area contributed by atoms with Gasteiger partial charge >= 0.3 is 0 Å². The lowest BCUT2D eigenvalue weighted by Crippen LogP contribution is -2.15. The van der Waals surface area contributed by atoms with Crippen molar-refractivity contribution in [1.82, 2.24) is 15.0 Å². The number of anilines is 2. The van der Waals surface area contributed by atoms with Crippen LogP contribution in [0.4, 0.5) is 11.6 Å². The quantitative estimate of drug-likeness (QED) is 0.439. The zero-order chi connectivity index (χ0) is 23.9. The van der Waals surface area contributed by atoms with Crippen molar-refractivity contribution >= 4 is 33.3 Å². The average Bonchev–Trinajstić information content (AvgIpc) is 2.84. The third kappa shape index (κ3) is 3.94. The first kappa shape index (κ1) is 21.8. The van der Waals surface area contributed by atoms with Crippen LogP contribution in [0.2, 0.25) is 5.02 Å². The second-order valence-electron chi connectivity index (χ2n) is 7.72. The molecule has 0 fully saturated rings. The predicted molar refractivity (Wildman–Crippen MR) is 129 cm³/mol. The lowest BCUT2D eigenvalue weighted by Gasteiger charge is -2.23. The molecule has 168 valence electrons. The second-order valence-corrected chi connectivity index (χ2v) is 9.81. The first-order valence-electron chi connectivity index (χ1n) is 10.3. The van der Waals surface area contributed by atoms with E-state index in [-0.39, 0.29) is 21.6 Å². The van der Waals surface area contributed by atoms with E-state index >= 15 is 0 Å². The van der Waals surface area contributed by atoms with Crippen LogP contribution in [0.25, 0.3) is 22.4 Å². The van der Waals surface area contributed by atoms with Crippen LogP contribution in [0.15, 0.2) is 65.8 Å². The zero-order valence-corrected chi connectivity index (χ0v) is 19.2. The summed E-state index contributed by atoms with van der Waals surface area (Å²) in [6.07, 6.45) is 4.67. The van der Waals surface area contributed by atoms with Crippen LogP contribution < -0.4 is 10.5 Å². The smallest absolute Gasteiger partial charge is 0.261 e. The van der Waals surface area contributed by atoms with E-state index in [1.807, 2.05) is 18.2 Å². The number of aromatic nitrogens is 3. The number of halogens is 1. The summed E-state index contributed by atoms with van der Waals surface area (Å²) < 4.78 is 28.6. The highest BCUT2D eigenvalue weighted by Crippen LogP contribution is 2.42. The zero-order valence-electron chi connectivity index (χ0n) is 17.7. The summed E-state index contributed by atoms with van der Waals surface area (Å²) in [7, 11) is -3.94. The number of aryl methyl sites for hydroxylation is 2. The van der Waals surface area contributed by atoms with Crippen molar-refractivity contribution in [2.45, 2.75) is 17.7 Å². The maximum atomic E-state index is 13.0. The molecule has 10 heteroatoms. The van der Waals surface area contributed by atoms with Gasteiger partial charge in [0.15, 0.2) is 0 Å². The van der Waals surface area contributed by atoms with Gasteiger partial charge in [0.1, 0.15) is 0 Å². The number of fused-ring (bicyclic) bond motifs is 3. The van der Waals surface area contributed by atoms with Crippen LogP contribution >= 0.6 is 11.6 Å². The predicted octanol–water partition coefficient (Wildman–Crippen LogP) is 4.21. The normalized spacial score (nSPS) is 12.4.